The van der Waals surface area contributed by atoms with Gasteiger partial charge in [-0.1, -0.05) is 13.3 Å². The van der Waals surface area contributed by atoms with Crippen molar-refractivity contribution in [1.82, 2.24) is 0 Å². The van der Waals surface area contributed by atoms with Gasteiger partial charge in [-0.15, -0.1) is 0 Å². The fraction of sp³-hybridized carbons (Fsp3) is 0.833. The van der Waals surface area contributed by atoms with E-state index in [1.54, 1.807) is 6.92 Å². The Kier molecular flexibility index (Phi) is 3.15. The molecule has 0 radical (unpaired) electrons. The van der Waals surface area contributed by atoms with Crippen LogP contribution in [0.1, 0.15) is 26.7 Å². The average molecular weight is 150 g/mol. The Morgan fingerprint density at radius 3 is 2.33 bits per heavy atom. The minimum Gasteiger partial charge on any atom is -0.318 e. The summed E-state index contributed by atoms with van der Waals surface area (Å²) in [5, 5.41) is -0.454. The molecule has 0 saturated heterocycles. The quantitative estimate of drug-likeness (QED) is 0.615. The maximum atomic E-state index is 10.5. The molecule has 0 aliphatic carbocycles. The van der Waals surface area contributed by atoms with Crippen LogP contribution >= 0.6 is 11.6 Å². The maximum Gasteiger partial charge on any atom is 0.241 e. The van der Waals surface area contributed by atoms with Crippen molar-refractivity contribution >= 4 is 16.8 Å². The van der Waals surface area contributed by atoms with E-state index >= 15 is 0 Å². The first-order chi connectivity index (χ1) is 4.00. The van der Waals surface area contributed by atoms with E-state index in [-0.39, 0.29) is 0 Å². The van der Waals surface area contributed by atoms with Gasteiger partial charge in [0.05, 0.1) is 5.54 Å². The SMILES string of the molecule is CCCC(C)(N)C(=O)Cl. The molecule has 1 unspecified atom stereocenters. The van der Waals surface area contributed by atoms with Crippen molar-refractivity contribution < 1.29 is 4.79 Å². The van der Waals surface area contributed by atoms with Crippen LogP contribution in [0.5, 0.6) is 0 Å². The summed E-state index contributed by atoms with van der Waals surface area (Å²) in [4.78, 5) is 10.5. The van der Waals surface area contributed by atoms with Crippen LogP contribution in [0.3, 0.4) is 0 Å². The molecule has 9 heavy (non-hydrogen) atoms. The smallest absolute Gasteiger partial charge is 0.241 e. The van der Waals surface area contributed by atoms with Crippen LogP contribution < -0.4 is 5.73 Å². The van der Waals surface area contributed by atoms with E-state index < -0.39 is 10.8 Å². The minimum absolute atomic E-state index is 0.454. The lowest BCUT2D eigenvalue weighted by atomic mass is 10.00. The minimum atomic E-state index is -0.823. The predicted molar refractivity (Wildman–Crippen MR) is 38.4 cm³/mol. The standard InChI is InChI=1S/C6H12ClNO/c1-3-4-6(2,8)5(7)9/h3-4,8H2,1-2H3. The van der Waals surface area contributed by atoms with Crippen LogP contribution in [0.25, 0.3) is 0 Å². The number of carbonyl (C=O) groups is 1. The second-order valence-corrected chi connectivity index (χ2v) is 2.78. The molecular weight excluding hydrogens is 138 g/mol. The summed E-state index contributed by atoms with van der Waals surface area (Å²) >= 11 is 5.18. The second kappa shape index (κ2) is 3.18. The lowest BCUT2D eigenvalue weighted by Gasteiger charge is -2.17. The Hall–Kier alpha value is -0.0800. The fourth-order valence-electron chi connectivity index (χ4n) is 0.618. The number of hydrogen-bond donors (Lipinski definition) is 1. The first kappa shape index (κ1) is 8.92. The zero-order valence-electron chi connectivity index (χ0n) is 5.78. The third-order valence-electron chi connectivity index (χ3n) is 1.22. The van der Waals surface area contributed by atoms with Gasteiger partial charge in [-0.25, -0.2) is 0 Å². The molecule has 2 N–H and O–H groups in total. The molecule has 3 heteroatoms. The average Bonchev–Trinajstić information content (AvgIpc) is 1.65. The lowest BCUT2D eigenvalue weighted by Crippen LogP contribution is -2.41. The molecule has 0 aromatic carbocycles. The molecule has 0 heterocycles. The van der Waals surface area contributed by atoms with Gasteiger partial charge in [0, 0.05) is 0 Å². The van der Waals surface area contributed by atoms with Crippen molar-refractivity contribution in [2.24, 2.45) is 5.73 Å². The van der Waals surface area contributed by atoms with Gasteiger partial charge in [0.25, 0.3) is 0 Å². The van der Waals surface area contributed by atoms with Crippen molar-refractivity contribution in [3.05, 3.63) is 0 Å². The van der Waals surface area contributed by atoms with Crippen LogP contribution in [0.4, 0.5) is 0 Å². The molecule has 2 nitrogen and oxygen atoms in total. The number of nitrogens with two attached hydrogens (primary N) is 1. The molecule has 0 saturated carbocycles. The van der Waals surface area contributed by atoms with Crippen LogP contribution in [-0.4, -0.2) is 10.8 Å². The zero-order valence-corrected chi connectivity index (χ0v) is 6.53. The van der Waals surface area contributed by atoms with Crippen molar-refractivity contribution in [3.8, 4) is 0 Å². The molecule has 0 aromatic heterocycles. The van der Waals surface area contributed by atoms with Gasteiger partial charge in [-0.2, -0.15) is 0 Å². The summed E-state index contributed by atoms with van der Waals surface area (Å²) in [6, 6.07) is 0. The first-order valence-corrected chi connectivity index (χ1v) is 3.37. The molecule has 1 atom stereocenters. The summed E-state index contributed by atoms with van der Waals surface area (Å²) < 4.78 is 0. The monoisotopic (exact) mass is 149 g/mol. The highest BCUT2D eigenvalue weighted by Crippen LogP contribution is 2.11. The normalized spacial score (nSPS) is 16.9. The zero-order chi connectivity index (χ0) is 7.49. The Labute approximate surface area is 60.4 Å². The Bertz CT molecular complexity index is 112. The predicted octanol–water partition coefficient (Wildman–Crippen LogP) is 1.27. The van der Waals surface area contributed by atoms with Gasteiger partial charge >= 0.3 is 0 Å². The third kappa shape index (κ3) is 2.82. The van der Waals surface area contributed by atoms with Crippen LogP contribution in [-0.2, 0) is 4.79 Å². The molecule has 0 fully saturated rings. The fourth-order valence-corrected chi connectivity index (χ4v) is 0.712. The second-order valence-electron chi connectivity index (χ2n) is 2.44. The largest absolute Gasteiger partial charge is 0.318 e. The third-order valence-corrected chi connectivity index (χ3v) is 1.65. The molecule has 54 valence electrons. The molecule has 0 aromatic rings. The number of rotatable bonds is 3. The summed E-state index contributed by atoms with van der Waals surface area (Å²) in [6.07, 6.45) is 1.53. The summed E-state index contributed by atoms with van der Waals surface area (Å²) in [5.41, 5.74) is 4.67. The van der Waals surface area contributed by atoms with Crippen molar-refractivity contribution in [3.63, 3.8) is 0 Å². The van der Waals surface area contributed by atoms with Gasteiger partial charge < -0.3 is 5.73 Å². The Morgan fingerprint density at radius 2 is 2.22 bits per heavy atom. The molecule has 0 bridgehead atoms. The van der Waals surface area contributed by atoms with Gasteiger partial charge in [0.1, 0.15) is 0 Å². The highest BCUT2D eigenvalue weighted by atomic mass is 35.5. The molecule has 0 rings (SSSR count). The molecule has 0 amide bonds. The van der Waals surface area contributed by atoms with E-state index in [0.717, 1.165) is 6.42 Å². The van der Waals surface area contributed by atoms with E-state index in [1.165, 1.54) is 0 Å². The topological polar surface area (TPSA) is 43.1 Å². The highest BCUT2D eigenvalue weighted by Gasteiger charge is 2.24. The van der Waals surface area contributed by atoms with E-state index in [4.69, 9.17) is 17.3 Å². The number of carbonyl (C=O) groups excluding carboxylic acids is 1. The van der Waals surface area contributed by atoms with Gasteiger partial charge in [-0.05, 0) is 24.9 Å². The molecule has 0 spiro atoms. The van der Waals surface area contributed by atoms with Gasteiger partial charge in [0.15, 0.2) is 0 Å². The van der Waals surface area contributed by atoms with Crippen LogP contribution in [0.15, 0.2) is 0 Å². The Morgan fingerprint density at radius 1 is 1.78 bits per heavy atom. The maximum absolute atomic E-state index is 10.5. The number of halogens is 1. The summed E-state index contributed by atoms with van der Waals surface area (Å²) in [5.74, 6) is 0. The van der Waals surface area contributed by atoms with Crippen molar-refractivity contribution in [2.75, 3.05) is 0 Å². The highest BCUT2D eigenvalue weighted by molar-refractivity contribution is 6.65. The van der Waals surface area contributed by atoms with E-state index in [1.807, 2.05) is 6.92 Å². The van der Waals surface area contributed by atoms with Crippen molar-refractivity contribution in [1.29, 1.82) is 0 Å². The van der Waals surface area contributed by atoms with Crippen LogP contribution in [0.2, 0.25) is 0 Å². The number of hydrogen-bond acceptors (Lipinski definition) is 2. The van der Waals surface area contributed by atoms with Crippen LogP contribution in [0, 0.1) is 0 Å². The summed E-state index contributed by atoms with van der Waals surface area (Å²) in [6.45, 7) is 3.61. The summed E-state index contributed by atoms with van der Waals surface area (Å²) in [7, 11) is 0. The molecule has 0 aliphatic heterocycles. The van der Waals surface area contributed by atoms with E-state index in [2.05, 4.69) is 0 Å². The molecule has 0 aliphatic rings. The Balaban J connectivity index is 3.85. The van der Waals surface area contributed by atoms with E-state index in [9.17, 15) is 4.79 Å². The van der Waals surface area contributed by atoms with Gasteiger partial charge in [-0.3, -0.25) is 4.79 Å². The molecular formula is C6H12ClNO. The van der Waals surface area contributed by atoms with Gasteiger partial charge in [0.2, 0.25) is 5.24 Å². The van der Waals surface area contributed by atoms with E-state index in [0.29, 0.717) is 6.42 Å². The first-order valence-electron chi connectivity index (χ1n) is 2.99. The lowest BCUT2D eigenvalue weighted by molar-refractivity contribution is -0.116. The van der Waals surface area contributed by atoms with Crippen molar-refractivity contribution in [2.45, 2.75) is 32.2 Å².